The minimum absolute atomic E-state index is 0.00380. The molecule has 0 spiro atoms. The SMILES string of the molecule is O=C(O)[C@@H]1CSCN1C(=O)CN1CSCC1=O. The molecule has 0 aliphatic carbocycles. The van der Waals surface area contributed by atoms with Gasteiger partial charge < -0.3 is 14.9 Å². The fourth-order valence-corrected chi connectivity index (χ4v) is 3.76. The number of carboxylic acid groups (broad SMARTS) is 1. The van der Waals surface area contributed by atoms with Gasteiger partial charge in [0, 0.05) is 5.75 Å². The molecule has 8 heteroatoms. The lowest BCUT2D eigenvalue weighted by atomic mass is 10.3. The standard InChI is InChI=1S/C9H12N2O4S2/c12-7(1-10-4-17-3-8(10)13)11-5-16-2-6(11)9(14)15/h6H,1-5H2,(H,14,15)/t6-/m0/s1. The molecule has 17 heavy (non-hydrogen) atoms. The van der Waals surface area contributed by atoms with E-state index in [1.165, 1.54) is 33.3 Å². The van der Waals surface area contributed by atoms with Crippen LogP contribution in [0.15, 0.2) is 0 Å². The fourth-order valence-electron chi connectivity index (χ4n) is 1.69. The van der Waals surface area contributed by atoms with Crippen LogP contribution in [0.5, 0.6) is 0 Å². The molecule has 2 fully saturated rings. The summed E-state index contributed by atoms with van der Waals surface area (Å²) in [5.74, 6) is 0.424. The lowest BCUT2D eigenvalue weighted by Crippen LogP contribution is -2.46. The Labute approximate surface area is 107 Å². The van der Waals surface area contributed by atoms with E-state index in [0.29, 0.717) is 23.3 Å². The minimum Gasteiger partial charge on any atom is -0.480 e. The summed E-state index contributed by atoms with van der Waals surface area (Å²) in [5.41, 5.74) is 0. The summed E-state index contributed by atoms with van der Waals surface area (Å²) in [6, 6.07) is -0.752. The zero-order valence-corrected chi connectivity index (χ0v) is 10.6. The molecule has 0 aromatic heterocycles. The first-order chi connectivity index (χ1) is 8.09. The quantitative estimate of drug-likeness (QED) is 0.749. The smallest absolute Gasteiger partial charge is 0.327 e. The van der Waals surface area contributed by atoms with Crippen molar-refractivity contribution in [3.05, 3.63) is 0 Å². The largest absolute Gasteiger partial charge is 0.480 e. The summed E-state index contributed by atoms with van der Waals surface area (Å²) in [6.45, 7) is -0.00380. The molecule has 94 valence electrons. The van der Waals surface area contributed by atoms with Gasteiger partial charge in [0.1, 0.15) is 12.6 Å². The summed E-state index contributed by atoms with van der Waals surface area (Å²) >= 11 is 2.89. The van der Waals surface area contributed by atoms with Crippen LogP contribution in [0.3, 0.4) is 0 Å². The molecule has 2 aliphatic heterocycles. The van der Waals surface area contributed by atoms with Gasteiger partial charge in [0.25, 0.3) is 0 Å². The number of nitrogens with zero attached hydrogens (tertiary/aromatic N) is 2. The molecule has 0 radical (unpaired) electrons. The second-order valence-electron chi connectivity index (χ2n) is 3.79. The summed E-state index contributed by atoms with van der Waals surface area (Å²) < 4.78 is 0. The Hall–Kier alpha value is -0.890. The molecule has 2 heterocycles. The zero-order valence-electron chi connectivity index (χ0n) is 9.00. The normalized spacial score (nSPS) is 24.5. The Morgan fingerprint density at radius 3 is 2.71 bits per heavy atom. The molecular formula is C9H12N2O4S2. The van der Waals surface area contributed by atoms with Crippen LogP contribution in [0.25, 0.3) is 0 Å². The highest BCUT2D eigenvalue weighted by molar-refractivity contribution is 8.00. The number of aliphatic carboxylic acids is 1. The van der Waals surface area contributed by atoms with E-state index in [0.717, 1.165) is 0 Å². The molecule has 2 rings (SSSR count). The monoisotopic (exact) mass is 276 g/mol. The van der Waals surface area contributed by atoms with Gasteiger partial charge >= 0.3 is 5.97 Å². The van der Waals surface area contributed by atoms with Gasteiger partial charge in [0.15, 0.2) is 0 Å². The van der Waals surface area contributed by atoms with Crippen molar-refractivity contribution in [3.8, 4) is 0 Å². The number of hydrogen-bond acceptors (Lipinski definition) is 5. The van der Waals surface area contributed by atoms with Crippen molar-refractivity contribution in [2.24, 2.45) is 0 Å². The molecular weight excluding hydrogens is 264 g/mol. The van der Waals surface area contributed by atoms with Gasteiger partial charge in [-0.3, -0.25) is 9.59 Å². The molecule has 0 aromatic rings. The molecule has 0 bridgehead atoms. The zero-order chi connectivity index (χ0) is 12.4. The Balaban J connectivity index is 1.95. The number of thioether (sulfide) groups is 2. The van der Waals surface area contributed by atoms with E-state index in [9.17, 15) is 14.4 Å². The summed E-state index contributed by atoms with van der Waals surface area (Å²) in [6.07, 6.45) is 0. The summed E-state index contributed by atoms with van der Waals surface area (Å²) in [5, 5.41) is 8.95. The first-order valence-electron chi connectivity index (χ1n) is 5.05. The lowest BCUT2D eigenvalue weighted by Gasteiger charge is -2.23. The van der Waals surface area contributed by atoms with E-state index in [1.807, 2.05) is 0 Å². The Kier molecular flexibility index (Phi) is 3.82. The van der Waals surface area contributed by atoms with Gasteiger partial charge in [-0.15, -0.1) is 23.5 Å². The number of carbonyl (C=O) groups is 3. The first-order valence-corrected chi connectivity index (χ1v) is 7.36. The maximum atomic E-state index is 11.9. The molecule has 2 amide bonds. The average Bonchev–Trinajstić information content (AvgIpc) is 2.87. The Morgan fingerprint density at radius 1 is 1.35 bits per heavy atom. The van der Waals surface area contributed by atoms with Crippen LogP contribution in [0.4, 0.5) is 0 Å². The van der Waals surface area contributed by atoms with E-state index in [1.54, 1.807) is 0 Å². The van der Waals surface area contributed by atoms with E-state index in [-0.39, 0.29) is 18.4 Å². The Bertz CT molecular complexity index is 363. The van der Waals surface area contributed by atoms with Crippen molar-refractivity contribution in [1.29, 1.82) is 0 Å². The molecule has 0 saturated carbocycles. The lowest BCUT2D eigenvalue weighted by molar-refractivity contribution is -0.148. The highest BCUT2D eigenvalue weighted by Gasteiger charge is 2.36. The summed E-state index contributed by atoms with van der Waals surface area (Å²) in [4.78, 5) is 37.0. The first kappa shape index (κ1) is 12.6. The second-order valence-corrected chi connectivity index (χ2v) is 5.74. The van der Waals surface area contributed by atoms with Crippen LogP contribution in [0.2, 0.25) is 0 Å². The predicted molar refractivity (Wildman–Crippen MR) is 64.6 cm³/mol. The molecule has 0 aromatic carbocycles. The van der Waals surface area contributed by atoms with Crippen LogP contribution >= 0.6 is 23.5 Å². The highest BCUT2D eigenvalue weighted by atomic mass is 32.2. The topological polar surface area (TPSA) is 77.9 Å². The molecule has 6 nitrogen and oxygen atoms in total. The molecule has 0 unspecified atom stereocenters. The number of rotatable bonds is 3. The van der Waals surface area contributed by atoms with Crippen molar-refractivity contribution in [3.63, 3.8) is 0 Å². The van der Waals surface area contributed by atoms with Crippen LogP contribution in [0.1, 0.15) is 0 Å². The van der Waals surface area contributed by atoms with E-state index >= 15 is 0 Å². The maximum Gasteiger partial charge on any atom is 0.327 e. The van der Waals surface area contributed by atoms with Crippen molar-refractivity contribution in [2.75, 3.05) is 29.8 Å². The fraction of sp³-hybridized carbons (Fsp3) is 0.667. The van der Waals surface area contributed by atoms with Crippen molar-refractivity contribution in [2.45, 2.75) is 6.04 Å². The minimum atomic E-state index is -0.981. The van der Waals surface area contributed by atoms with E-state index in [4.69, 9.17) is 5.11 Å². The molecule has 2 aliphatic rings. The Morgan fingerprint density at radius 2 is 2.12 bits per heavy atom. The van der Waals surface area contributed by atoms with Gasteiger partial charge in [-0.1, -0.05) is 0 Å². The third-order valence-corrected chi connectivity index (χ3v) is 4.60. The number of amides is 2. The molecule has 2 saturated heterocycles. The third-order valence-electron chi connectivity index (χ3n) is 2.64. The third kappa shape index (κ3) is 2.68. The van der Waals surface area contributed by atoms with Gasteiger partial charge in [-0.25, -0.2) is 4.79 Å². The second kappa shape index (κ2) is 5.18. The highest BCUT2D eigenvalue weighted by Crippen LogP contribution is 2.22. The number of carbonyl (C=O) groups excluding carboxylic acids is 2. The van der Waals surface area contributed by atoms with E-state index in [2.05, 4.69) is 0 Å². The number of hydrogen-bond donors (Lipinski definition) is 1. The molecule has 1 atom stereocenters. The van der Waals surface area contributed by atoms with Crippen LogP contribution in [-0.4, -0.2) is 68.5 Å². The van der Waals surface area contributed by atoms with Crippen molar-refractivity contribution in [1.82, 2.24) is 9.80 Å². The van der Waals surface area contributed by atoms with Crippen molar-refractivity contribution < 1.29 is 19.5 Å². The van der Waals surface area contributed by atoms with Gasteiger partial charge in [0.2, 0.25) is 11.8 Å². The molecule has 1 N–H and O–H groups in total. The summed E-state index contributed by atoms with van der Waals surface area (Å²) in [7, 11) is 0. The maximum absolute atomic E-state index is 11.9. The average molecular weight is 276 g/mol. The van der Waals surface area contributed by atoms with Gasteiger partial charge in [-0.05, 0) is 0 Å². The number of carboxylic acids is 1. The predicted octanol–water partition coefficient (Wildman–Crippen LogP) is -0.495. The van der Waals surface area contributed by atoms with Crippen LogP contribution < -0.4 is 0 Å². The van der Waals surface area contributed by atoms with Gasteiger partial charge in [0.05, 0.1) is 17.5 Å². The van der Waals surface area contributed by atoms with Crippen molar-refractivity contribution >= 4 is 41.3 Å². The van der Waals surface area contributed by atoms with Gasteiger partial charge in [-0.2, -0.15) is 0 Å². The van der Waals surface area contributed by atoms with Crippen LogP contribution in [-0.2, 0) is 14.4 Å². The van der Waals surface area contributed by atoms with Crippen LogP contribution in [0, 0.1) is 0 Å². The van der Waals surface area contributed by atoms with E-state index < -0.39 is 12.0 Å².